The number of carbonyl (C=O) groups is 2. The van der Waals surface area contributed by atoms with Crippen molar-refractivity contribution in [3.8, 4) is 11.3 Å². The number of likely N-dealkylation sites (N-methyl/N-ethyl adjacent to an activating group) is 1. The van der Waals surface area contributed by atoms with Gasteiger partial charge in [0.1, 0.15) is 0 Å². The number of hydrogen-bond acceptors (Lipinski definition) is 3. The lowest BCUT2D eigenvalue weighted by molar-refractivity contribution is -0.118. The van der Waals surface area contributed by atoms with Crippen LogP contribution in [-0.2, 0) is 11.3 Å². The van der Waals surface area contributed by atoms with Gasteiger partial charge in [-0.1, -0.05) is 43.5 Å². The van der Waals surface area contributed by atoms with Crippen LogP contribution >= 0.6 is 0 Å². The van der Waals surface area contributed by atoms with Gasteiger partial charge in [-0.3, -0.25) is 4.79 Å². The number of amides is 1. The Kier molecular flexibility index (Phi) is 6.17. The summed E-state index contributed by atoms with van der Waals surface area (Å²) in [7, 11) is 4.05. The standard InChI is InChI=1S/C28H33N3O3/c1-29(2)16-17-30-23-11-7-6-10-22(23)27-26(19-8-4-3-5-9-19)21-13-12-20(28(33)34)18-24(21)31(27)15-14-25(30)32/h6-7,10-13,18-19H,3-5,8-9,14-17H2,1-2H3,(H,33,34). The number of anilines is 1. The summed E-state index contributed by atoms with van der Waals surface area (Å²) in [4.78, 5) is 29.2. The minimum Gasteiger partial charge on any atom is -0.478 e. The van der Waals surface area contributed by atoms with Crippen LogP contribution in [0.3, 0.4) is 0 Å². The summed E-state index contributed by atoms with van der Waals surface area (Å²) in [6.07, 6.45) is 6.41. The highest BCUT2D eigenvalue weighted by Crippen LogP contribution is 2.47. The van der Waals surface area contributed by atoms with Crippen LogP contribution in [0.4, 0.5) is 5.69 Å². The second-order valence-corrected chi connectivity index (χ2v) is 9.90. The summed E-state index contributed by atoms with van der Waals surface area (Å²) in [6, 6.07) is 13.8. The van der Waals surface area contributed by atoms with Gasteiger partial charge in [-0.25, -0.2) is 4.79 Å². The Hall–Kier alpha value is -3.12. The third-order valence-electron chi connectivity index (χ3n) is 7.44. The highest BCUT2D eigenvalue weighted by molar-refractivity contribution is 6.03. The molecule has 1 fully saturated rings. The first kappa shape index (κ1) is 22.7. The molecule has 1 aliphatic carbocycles. The number of aryl methyl sites for hydroxylation is 1. The SMILES string of the molecule is CN(C)CCN1C(=O)CCn2c(c(C3CCCCC3)c3ccc(C(=O)O)cc32)-c2ccccc21. The lowest BCUT2D eigenvalue weighted by Gasteiger charge is -2.31. The lowest BCUT2D eigenvalue weighted by atomic mass is 9.81. The van der Waals surface area contributed by atoms with Gasteiger partial charge in [-0.15, -0.1) is 0 Å². The van der Waals surface area contributed by atoms with Crippen molar-refractivity contribution in [3.63, 3.8) is 0 Å². The van der Waals surface area contributed by atoms with Crippen molar-refractivity contribution in [1.29, 1.82) is 0 Å². The molecule has 2 heterocycles. The van der Waals surface area contributed by atoms with Crippen molar-refractivity contribution < 1.29 is 14.7 Å². The van der Waals surface area contributed by atoms with E-state index in [0.717, 1.165) is 41.5 Å². The third-order valence-corrected chi connectivity index (χ3v) is 7.44. The predicted molar refractivity (Wildman–Crippen MR) is 136 cm³/mol. The molecule has 2 aliphatic rings. The van der Waals surface area contributed by atoms with E-state index in [1.165, 1.54) is 30.5 Å². The fourth-order valence-electron chi connectivity index (χ4n) is 5.77. The molecule has 3 aromatic rings. The summed E-state index contributed by atoms with van der Waals surface area (Å²) in [5, 5.41) is 10.8. The van der Waals surface area contributed by atoms with Gasteiger partial charge in [-0.05, 0) is 56.6 Å². The van der Waals surface area contributed by atoms with E-state index >= 15 is 0 Å². The molecular weight excluding hydrogens is 426 g/mol. The number of rotatable bonds is 5. The Morgan fingerprint density at radius 1 is 1.09 bits per heavy atom. The number of carboxylic acids is 1. The highest BCUT2D eigenvalue weighted by Gasteiger charge is 2.31. The lowest BCUT2D eigenvalue weighted by Crippen LogP contribution is -2.38. The smallest absolute Gasteiger partial charge is 0.335 e. The molecule has 178 valence electrons. The van der Waals surface area contributed by atoms with Crippen LogP contribution in [0, 0.1) is 0 Å². The van der Waals surface area contributed by atoms with E-state index in [0.29, 0.717) is 25.4 Å². The van der Waals surface area contributed by atoms with E-state index in [9.17, 15) is 14.7 Å². The van der Waals surface area contributed by atoms with Crippen LogP contribution in [0.1, 0.15) is 60.4 Å². The van der Waals surface area contributed by atoms with E-state index in [1.54, 1.807) is 12.1 Å². The van der Waals surface area contributed by atoms with E-state index < -0.39 is 5.97 Å². The van der Waals surface area contributed by atoms with Crippen molar-refractivity contribution in [1.82, 2.24) is 9.47 Å². The van der Waals surface area contributed by atoms with Gasteiger partial charge in [0.25, 0.3) is 0 Å². The molecule has 1 N–H and O–H groups in total. The number of aromatic carboxylic acids is 1. The van der Waals surface area contributed by atoms with E-state index in [2.05, 4.69) is 21.6 Å². The minimum atomic E-state index is -0.922. The summed E-state index contributed by atoms with van der Waals surface area (Å²) in [5.41, 5.74) is 5.75. The third kappa shape index (κ3) is 4.00. The maximum atomic E-state index is 13.4. The van der Waals surface area contributed by atoms with Crippen molar-refractivity contribution >= 4 is 28.5 Å². The monoisotopic (exact) mass is 459 g/mol. The molecule has 1 aliphatic heterocycles. The zero-order chi connectivity index (χ0) is 23.8. The molecular formula is C28H33N3O3. The highest BCUT2D eigenvalue weighted by atomic mass is 16.4. The summed E-state index contributed by atoms with van der Waals surface area (Å²) >= 11 is 0. The Labute approximate surface area is 200 Å². The fraction of sp³-hybridized carbons (Fsp3) is 0.429. The molecule has 0 unspecified atom stereocenters. The maximum Gasteiger partial charge on any atom is 0.335 e. The van der Waals surface area contributed by atoms with Crippen molar-refractivity contribution in [2.75, 3.05) is 32.1 Å². The molecule has 0 saturated heterocycles. The molecule has 2 aromatic carbocycles. The minimum absolute atomic E-state index is 0.107. The zero-order valence-corrected chi connectivity index (χ0v) is 20.1. The van der Waals surface area contributed by atoms with Crippen LogP contribution in [-0.4, -0.2) is 53.6 Å². The molecule has 6 heteroatoms. The molecule has 34 heavy (non-hydrogen) atoms. The number of carboxylic acid groups (broad SMARTS) is 1. The normalized spacial score (nSPS) is 16.9. The predicted octanol–water partition coefficient (Wildman–Crippen LogP) is 5.35. The Morgan fingerprint density at radius 3 is 2.59 bits per heavy atom. The number of fused-ring (bicyclic) bond motifs is 5. The molecule has 0 bridgehead atoms. The van der Waals surface area contributed by atoms with Crippen LogP contribution < -0.4 is 4.90 Å². The van der Waals surface area contributed by atoms with Gasteiger partial charge in [-0.2, -0.15) is 0 Å². The van der Waals surface area contributed by atoms with Gasteiger partial charge >= 0.3 is 5.97 Å². The van der Waals surface area contributed by atoms with Crippen molar-refractivity contribution in [3.05, 3.63) is 53.6 Å². The fourth-order valence-corrected chi connectivity index (χ4v) is 5.77. The number of para-hydroxylation sites is 1. The summed E-state index contributed by atoms with van der Waals surface area (Å²) in [5.74, 6) is -0.370. The van der Waals surface area contributed by atoms with Crippen LogP contribution in [0.5, 0.6) is 0 Å². The molecule has 0 radical (unpaired) electrons. The van der Waals surface area contributed by atoms with E-state index in [-0.39, 0.29) is 11.5 Å². The number of hydrogen-bond donors (Lipinski definition) is 1. The van der Waals surface area contributed by atoms with Crippen LogP contribution in [0.25, 0.3) is 22.2 Å². The van der Waals surface area contributed by atoms with Crippen molar-refractivity contribution in [2.24, 2.45) is 0 Å². The Bertz CT molecular complexity index is 1240. The molecule has 6 nitrogen and oxygen atoms in total. The molecule has 0 atom stereocenters. The molecule has 0 spiro atoms. The zero-order valence-electron chi connectivity index (χ0n) is 20.1. The number of nitrogens with zero attached hydrogens (tertiary/aromatic N) is 3. The second kappa shape index (κ2) is 9.26. The second-order valence-electron chi connectivity index (χ2n) is 9.90. The van der Waals surface area contributed by atoms with Gasteiger partial charge in [0, 0.05) is 42.5 Å². The maximum absolute atomic E-state index is 13.4. The molecule has 1 saturated carbocycles. The van der Waals surface area contributed by atoms with Gasteiger partial charge in [0.2, 0.25) is 5.91 Å². The topological polar surface area (TPSA) is 65.8 Å². The first-order valence-corrected chi connectivity index (χ1v) is 12.4. The number of carbonyl (C=O) groups excluding carboxylic acids is 1. The average molecular weight is 460 g/mol. The van der Waals surface area contributed by atoms with E-state index in [4.69, 9.17) is 0 Å². The van der Waals surface area contributed by atoms with Crippen LogP contribution in [0.15, 0.2) is 42.5 Å². The Balaban J connectivity index is 1.78. The van der Waals surface area contributed by atoms with Gasteiger partial charge in [0.05, 0.1) is 16.9 Å². The molecule has 1 amide bonds. The summed E-state index contributed by atoms with van der Waals surface area (Å²) < 4.78 is 2.23. The first-order chi connectivity index (χ1) is 16.5. The number of aromatic nitrogens is 1. The quantitative estimate of drug-likeness (QED) is 0.558. The van der Waals surface area contributed by atoms with Gasteiger partial charge < -0.3 is 19.5 Å². The van der Waals surface area contributed by atoms with Gasteiger partial charge in [0.15, 0.2) is 0 Å². The Morgan fingerprint density at radius 2 is 1.85 bits per heavy atom. The molecule has 1 aromatic heterocycles. The average Bonchev–Trinajstić information content (AvgIpc) is 3.15. The summed E-state index contributed by atoms with van der Waals surface area (Å²) in [6.45, 7) is 1.98. The van der Waals surface area contributed by atoms with Crippen LogP contribution in [0.2, 0.25) is 0 Å². The van der Waals surface area contributed by atoms with Crippen molar-refractivity contribution in [2.45, 2.75) is 51.0 Å². The number of benzene rings is 2. The van der Waals surface area contributed by atoms with E-state index in [1.807, 2.05) is 37.2 Å². The largest absolute Gasteiger partial charge is 0.478 e. The molecule has 5 rings (SSSR count). The first-order valence-electron chi connectivity index (χ1n) is 12.4.